The Morgan fingerprint density at radius 2 is 2.16 bits per heavy atom. The van der Waals surface area contributed by atoms with Crippen molar-refractivity contribution in [2.45, 2.75) is 24.3 Å². The second kappa shape index (κ2) is 4.92. The lowest BCUT2D eigenvalue weighted by Gasteiger charge is -2.13. The molecular formula is C12H16N2O4S. The number of amides is 1. The van der Waals surface area contributed by atoms with Gasteiger partial charge in [-0.15, -0.1) is 0 Å². The fourth-order valence-electron chi connectivity index (χ4n) is 1.98. The SMILES string of the molecule is C[C@H](CO)NS(=O)(=O)c1ccc2c(c1)CC(=O)N2C. The van der Waals surface area contributed by atoms with E-state index >= 15 is 0 Å². The zero-order valence-corrected chi connectivity index (χ0v) is 11.6. The van der Waals surface area contributed by atoms with E-state index < -0.39 is 16.1 Å². The van der Waals surface area contributed by atoms with Gasteiger partial charge in [0.1, 0.15) is 0 Å². The third-order valence-electron chi connectivity index (χ3n) is 3.07. The van der Waals surface area contributed by atoms with Crippen molar-refractivity contribution in [1.29, 1.82) is 0 Å². The minimum Gasteiger partial charge on any atom is -0.395 e. The average Bonchev–Trinajstić information content (AvgIpc) is 2.64. The lowest BCUT2D eigenvalue weighted by atomic mass is 10.2. The highest BCUT2D eigenvalue weighted by atomic mass is 32.2. The first-order valence-corrected chi connectivity index (χ1v) is 7.36. The van der Waals surface area contributed by atoms with Gasteiger partial charge in [0.15, 0.2) is 0 Å². The predicted octanol–water partition coefficient (Wildman–Crippen LogP) is -0.135. The number of benzene rings is 1. The highest BCUT2D eigenvalue weighted by Crippen LogP contribution is 2.29. The topological polar surface area (TPSA) is 86.7 Å². The van der Waals surface area contributed by atoms with Crippen molar-refractivity contribution in [2.24, 2.45) is 0 Å². The van der Waals surface area contributed by atoms with Gasteiger partial charge in [-0.05, 0) is 30.7 Å². The Balaban J connectivity index is 2.34. The van der Waals surface area contributed by atoms with Gasteiger partial charge in [-0.1, -0.05) is 0 Å². The molecule has 1 aromatic carbocycles. The van der Waals surface area contributed by atoms with Gasteiger partial charge in [-0.2, -0.15) is 0 Å². The molecule has 0 radical (unpaired) electrons. The van der Waals surface area contributed by atoms with Crippen LogP contribution in [0.1, 0.15) is 12.5 Å². The third-order valence-corrected chi connectivity index (χ3v) is 4.66. The summed E-state index contributed by atoms with van der Waals surface area (Å²) in [7, 11) is -2.01. The van der Waals surface area contributed by atoms with Crippen LogP contribution in [0.4, 0.5) is 5.69 Å². The van der Waals surface area contributed by atoms with Gasteiger partial charge in [-0.3, -0.25) is 4.79 Å². The van der Waals surface area contributed by atoms with Gasteiger partial charge < -0.3 is 10.0 Å². The summed E-state index contributed by atoms with van der Waals surface area (Å²) >= 11 is 0. The summed E-state index contributed by atoms with van der Waals surface area (Å²) in [6.45, 7) is 1.30. The van der Waals surface area contributed by atoms with Crippen LogP contribution in [0.15, 0.2) is 23.1 Å². The monoisotopic (exact) mass is 284 g/mol. The van der Waals surface area contributed by atoms with E-state index in [4.69, 9.17) is 5.11 Å². The van der Waals surface area contributed by atoms with Gasteiger partial charge in [0.2, 0.25) is 15.9 Å². The molecule has 1 aliphatic heterocycles. The fraction of sp³-hybridized carbons (Fsp3) is 0.417. The Labute approximate surface area is 112 Å². The molecule has 1 aliphatic rings. The molecule has 1 atom stereocenters. The first kappa shape index (κ1) is 14.0. The number of aliphatic hydroxyl groups excluding tert-OH is 1. The largest absolute Gasteiger partial charge is 0.395 e. The minimum atomic E-state index is -3.67. The number of aliphatic hydroxyl groups is 1. The van der Waals surface area contributed by atoms with Crippen LogP contribution in [0.5, 0.6) is 0 Å². The second-order valence-electron chi connectivity index (χ2n) is 4.62. The normalized spacial score (nSPS) is 16.6. The fourth-order valence-corrected chi connectivity index (χ4v) is 3.27. The van der Waals surface area contributed by atoms with Crippen molar-refractivity contribution in [3.05, 3.63) is 23.8 Å². The molecule has 1 aromatic rings. The van der Waals surface area contributed by atoms with Crippen molar-refractivity contribution in [2.75, 3.05) is 18.6 Å². The molecule has 0 saturated carbocycles. The van der Waals surface area contributed by atoms with E-state index in [1.54, 1.807) is 20.0 Å². The Hall–Kier alpha value is -1.44. The van der Waals surface area contributed by atoms with Crippen LogP contribution in [-0.4, -0.2) is 39.1 Å². The number of nitrogens with one attached hydrogen (secondary N) is 1. The summed E-state index contributed by atoms with van der Waals surface area (Å²) in [6.07, 6.45) is 0.213. The smallest absolute Gasteiger partial charge is 0.240 e. The molecule has 19 heavy (non-hydrogen) atoms. The van der Waals surface area contributed by atoms with Crippen LogP contribution >= 0.6 is 0 Å². The standard InChI is InChI=1S/C12H16N2O4S/c1-8(7-15)13-19(17,18)10-3-4-11-9(5-10)6-12(16)14(11)2/h3-5,8,13,15H,6-7H2,1-2H3/t8-/m1/s1. The number of hydrogen-bond donors (Lipinski definition) is 2. The maximum Gasteiger partial charge on any atom is 0.240 e. The molecule has 0 bridgehead atoms. The maximum atomic E-state index is 12.0. The molecule has 0 aliphatic carbocycles. The second-order valence-corrected chi connectivity index (χ2v) is 6.34. The van der Waals surface area contributed by atoms with Crippen molar-refractivity contribution < 1.29 is 18.3 Å². The highest BCUT2D eigenvalue weighted by Gasteiger charge is 2.26. The molecule has 0 aromatic heterocycles. The van der Waals surface area contributed by atoms with Gasteiger partial charge in [0, 0.05) is 18.8 Å². The summed E-state index contributed by atoms with van der Waals surface area (Å²) in [5.74, 6) is -0.0544. The number of anilines is 1. The summed E-state index contributed by atoms with van der Waals surface area (Å²) in [5.41, 5.74) is 1.44. The van der Waals surface area contributed by atoms with E-state index in [2.05, 4.69) is 4.72 Å². The van der Waals surface area contributed by atoms with Crippen LogP contribution in [0.25, 0.3) is 0 Å². The number of nitrogens with zero attached hydrogens (tertiary/aromatic N) is 1. The zero-order chi connectivity index (χ0) is 14.2. The number of hydrogen-bond acceptors (Lipinski definition) is 4. The first-order valence-electron chi connectivity index (χ1n) is 5.88. The summed E-state index contributed by atoms with van der Waals surface area (Å²) in [4.78, 5) is 13.2. The Bertz CT molecular complexity index is 612. The molecule has 0 saturated heterocycles. The number of carbonyl (C=O) groups is 1. The van der Waals surface area contributed by atoms with Crippen LogP contribution in [-0.2, 0) is 21.2 Å². The number of carbonyl (C=O) groups excluding carboxylic acids is 1. The Morgan fingerprint density at radius 3 is 2.79 bits per heavy atom. The third kappa shape index (κ3) is 2.63. The predicted molar refractivity (Wildman–Crippen MR) is 70.4 cm³/mol. The number of sulfonamides is 1. The number of fused-ring (bicyclic) bond motifs is 1. The van der Waals surface area contributed by atoms with Gasteiger partial charge >= 0.3 is 0 Å². The zero-order valence-electron chi connectivity index (χ0n) is 10.8. The molecule has 1 amide bonds. The lowest BCUT2D eigenvalue weighted by molar-refractivity contribution is -0.117. The van der Waals surface area contributed by atoms with Crippen LogP contribution in [0, 0.1) is 0 Å². The van der Waals surface area contributed by atoms with E-state index in [0.717, 1.165) is 5.69 Å². The molecule has 0 spiro atoms. The van der Waals surface area contributed by atoms with E-state index in [1.807, 2.05) is 0 Å². The molecule has 2 N–H and O–H groups in total. The maximum absolute atomic E-state index is 12.0. The average molecular weight is 284 g/mol. The van der Waals surface area contributed by atoms with E-state index in [-0.39, 0.29) is 23.8 Å². The van der Waals surface area contributed by atoms with E-state index in [0.29, 0.717) is 5.56 Å². The van der Waals surface area contributed by atoms with Crippen molar-refractivity contribution in [3.8, 4) is 0 Å². The molecule has 2 rings (SSSR count). The summed E-state index contributed by atoms with van der Waals surface area (Å²) in [6, 6.07) is 4.03. The van der Waals surface area contributed by atoms with Gasteiger partial charge in [0.05, 0.1) is 17.9 Å². The Morgan fingerprint density at radius 1 is 1.47 bits per heavy atom. The molecule has 0 fully saturated rings. The highest BCUT2D eigenvalue weighted by molar-refractivity contribution is 7.89. The minimum absolute atomic E-state index is 0.0544. The van der Waals surface area contributed by atoms with Crippen molar-refractivity contribution in [3.63, 3.8) is 0 Å². The van der Waals surface area contributed by atoms with Gasteiger partial charge in [0.25, 0.3) is 0 Å². The van der Waals surface area contributed by atoms with Gasteiger partial charge in [-0.25, -0.2) is 13.1 Å². The van der Waals surface area contributed by atoms with E-state index in [9.17, 15) is 13.2 Å². The summed E-state index contributed by atoms with van der Waals surface area (Å²) < 4.78 is 26.4. The molecular weight excluding hydrogens is 268 g/mol. The first-order chi connectivity index (χ1) is 8.85. The molecule has 6 nitrogen and oxygen atoms in total. The van der Waals surface area contributed by atoms with Crippen LogP contribution in [0.2, 0.25) is 0 Å². The van der Waals surface area contributed by atoms with Crippen molar-refractivity contribution in [1.82, 2.24) is 4.72 Å². The number of likely N-dealkylation sites (N-methyl/N-ethyl adjacent to an activating group) is 1. The lowest BCUT2D eigenvalue weighted by Crippen LogP contribution is -2.35. The van der Waals surface area contributed by atoms with E-state index in [1.165, 1.54) is 17.0 Å². The molecule has 7 heteroatoms. The summed E-state index contributed by atoms with van der Waals surface area (Å²) in [5, 5.41) is 8.89. The van der Waals surface area contributed by atoms with Crippen LogP contribution in [0.3, 0.4) is 0 Å². The molecule has 104 valence electrons. The number of rotatable bonds is 4. The molecule has 1 heterocycles. The van der Waals surface area contributed by atoms with Crippen LogP contribution < -0.4 is 9.62 Å². The van der Waals surface area contributed by atoms with Crippen molar-refractivity contribution >= 4 is 21.6 Å². The quantitative estimate of drug-likeness (QED) is 0.806. The Kier molecular flexibility index (Phi) is 3.62. The molecule has 0 unspecified atom stereocenters.